The van der Waals surface area contributed by atoms with Crippen LogP contribution in [0.1, 0.15) is 25.0 Å². The second-order valence-electron chi connectivity index (χ2n) is 5.01. The van der Waals surface area contributed by atoms with E-state index >= 15 is 0 Å². The molecule has 2 nitrogen and oxygen atoms in total. The minimum absolute atomic E-state index is 0.295. The Morgan fingerprint density at radius 3 is 2.60 bits per heavy atom. The first kappa shape index (κ1) is 14.5. The Morgan fingerprint density at radius 2 is 1.90 bits per heavy atom. The van der Waals surface area contributed by atoms with Crippen LogP contribution in [0.15, 0.2) is 48.5 Å². The van der Waals surface area contributed by atoms with E-state index in [2.05, 4.69) is 0 Å². The highest BCUT2D eigenvalue weighted by Crippen LogP contribution is 2.32. The second kappa shape index (κ2) is 6.06. The topological polar surface area (TPSA) is 29.5 Å². The molecular weight excluding hydrogens is 255 g/mol. The lowest BCUT2D eigenvalue weighted by Gasteiger charge is -2.26. The van der Waals surface area contributed by atoms with Gasteiger partial charge in [0.2, 0.25) is 0 Å². The third-order valence-corrected chi connectivity index (χ3v) is 3.20. The van der Waals surface area contributed by atoms with E-state index in [4.69, 9.17) is 4.74 Å². The van der Waals surface area contributed by atoms with Crippen molar-refractivity contribution >= 4 is 0 Å². The Morgan fingerprint density at radius 1 is 1.15 bits per heavy atom. The molecule has 106 valence electrons. The van der Waals surface area contributed by atoms with Crippen molar-refractivity contribution in [3.63, 3.8) is 0 Å². The van der Waals surface area contributed by atoms with E-state index in [0.29, 0.717) is 24.3 Å². The lowest BCUT2D eigenvalue weighted by Crippen LogP contribution is -2.25. The second-order valence-corrected chi connectivity index (χ2v) is 5.01. The molecule has 0 saturated carbocycles. The predicted molar refractivity (Wildman–Crippen MR) is 77.3 cm³/mol. The van der Waals surface area contributed by atoms with E-state index in [1.807, 2.05) is 31.2 Å². The van der Waals surface area contributed by atoms with E-state index in [1.54, 1.807) is 19.1 Å². The van der Waals surface area contributed by atoms with Crippen molar-refractivity contribution in [2.75, 3.05) is 6.61 Å². The summed E-state index contributed by atoms with van der Waals surface area (Å²) in [4.78, 5) is 0. The summed E-state index contributed by atoms with van der Waals surface area (Å²) in [7, 11) is 0. The van der Waals surface area contributed by atoms with Crippen molar-refractivity contribution < 1.29 is 14.2 Å². The summed E-state index contributed by atoms with van der Waals surface area (Å²) < 4.78 is 18.8. The summed E-state index contributed by atoms with van der Waals surface area (Å²) in [6.45, 7) is 4.15. The van der Waals surface area contributed by atoms with Gasteiger partial charge < -0.3 is 9.84 Å². The zero-order valence-corrected chi connectivity index (χ0v) is 11.8. The highest BCUT2D eigenvalue weighted by molar-refractivity contribution is 5.39. The number of aliphatic hydroxyl groups is 1. The van der Waals surface area contributed by atoms with Crippen LogP contribution in [0.25, 0.3) is 0 Å². The standard InChI is InChI=1S/C17H19FO2/c1-3-20-16-10-5-4-9-15(16)17(2,19)12-13-7-6-8-14(18)11-13/h4-11,19H,3,12H2,1-2H3. The van der Waals surface area contributed by atoms with Gasteiger partial charge >= 0.3 is 0 Å². The molecule has 0 bridgehead atoms. The Balaban J connectivity index is 2.30. The molecule has 0 amide bonds. The van der Waals surface area contributed by atoms with Gasteiger partial charge in [0.05, 0.1) is 12.2 Å². The molecule has 3 heteroatoms. The largest absolute Gasteiger partial charge is 0.493 e. The molecule has 0 aliphatic carbocycles. The average molecular weight is 274 g/mol. The molecule has 0 saturated heterocycles. The molecule has 0 aromatic heterocycles. The molecule has 0 aliphatic rings. The maximum Gasteiger partial charge on any atom is 0.125 e. The third-order valence-electron chi connectivity index (χ3n) is 3.20. The van der Waals surface area contributed by atoms with E-state index in [9.17, 15) is 9.50 Å². The average Bonchev–Trinajstić information content (AvgIpc) is 2.39. The Labute approximate surface area is 118 Å². The molecule has 1 unspecified atom stereocenters. The van der Waals surface area contributed by atoms with Crippen LogP contribution in [0, 0.1) is 5.82 Å². The summed E-state index contributed by atoms with van der Waals surface area (Å²) in [6, 6.07) is 13.7. The highest BCUT2D eigenvalue weighted by Gasteiger charge is 2.27. The van der Waals surface area contributed by atoms with Crippen molar-refractivity contribution in [3.8, 4) is 5.75 Å². The quantitative estimate of drug-likeness (QED) is 0.901. The smallest absolute Gasteiger partial charge is 0.125 e. The van der Waals surface area contributed by atoms with Crippen molar-refractivity contribution in [2.45, 2.75) is 25.9 Å². The van der Waals surface area contributed by atoms with Crippen LogP contribution in [0.2, 0.25) is 0 Å². The number of hydrogen-bond acceptors (Lipinski definition) is 2. The number of para-hydroxylation sites is 1. The lowest BCUT2D eigenvalue weighted by molar-refractivity contribution is 0.0543. The minimum Gasteiger partial charge on any atom is -0.493 e. The zero-order chi connectivity index (χ0) is 14.6. The monoisotopic (exact) mass is 274 g/mol. The molecule has 2 aromatic carbocycles. The SMILES string of the molecule is CCOc1ccccc1C(C)(O)Cc1cccc(F)c1. The van der Waals surface area contributed by atoms with Crippen LogP contribution in [0.5, 0.6) is 5.75 Å². The summed E-state index contributed by atoms with van der Waals surface area (Å²) >= 11 is 0. The molecule has 20 heavy (non-hydrogen) atoms. The fourth-order valence-corrected chi connectivity index (χ4v) is 2.33. The highest BCUT2D eigenvalue weighted by atomic mass is 19.1. The summed E-state index contributed by atoms with van der Waals surface area (Å²) in [5, 5.41) is 10.7. The molecule has 0 heterocycles. The molecular formula is C17H19FO2. The molecule has 2 aromatic rings. The van der Waals surface area contributed by atoms with Crippen molar-refractivity contribution in [1.29, 1.82) is 0 Å². The maximum absolute atomic E-state index is 13.2. The Hall–Kier alpha value is -1.87. The van der Waals surface area contributed by atoms with Gasteiger partial charge in [0.1, 0.15) is 11.6 Å². The predicted octanol–water partition coefficient (Wildman–Crippen LogP) is 3.67. The molecule has 0 aliphatic heterocycles. The van der Waals surface area contributed by atoms with E-state index in [1.165, 1.54) is 12.1 Å². The fourth-order valence-electron chi connectivity index (χ4n) is 2.33. The van der Waals surface area contributed by atoms with Crippen LogP contribution in [-0.2, 0) is 12.0 Å². The number of benzene rings is 2. The molecule has 0 radical (unpaired) electrons. The number of ether oxygens (including phenoxy) is 1. The first-order valence-corrected chi connectivity index (χ1v) is 6.72. The van der Waals surface area contributed by atoms with Gasteiger partial charge in [0.15, 0.2) is 0 Å². The molecule has 1 N–H and O–H groups in total. The van der Waals surface area contributed by atoms with Gasteiger partial charge in [0.25, 0.3) is 0 Å². The number of rotatable bonds is 5. The van der Waals surface area contributed by atoms with E-state index in [-0.39, 0.29) is 5.82 Å². The number of halogens is 1. The van der Waals surface area contributed by atoms with Gasteiger partial charge in [-0.3, -0.25) is 0 Å². The van der Waals surface area contributed by atoms with E-state index in [0.717, 1.165) is 5.56 Å². The first-order valence-electron chi connectivity index (χ1n) is 6.72. The van der Waals surface area contributed by atoms with Crippen LogP contribution in [-0.4, -0.2) is 11.7 Å². The van der Waals surface area contributed by atoms with Crippen LogP contribution < -0.4 is 4.74 Å². The molecule has 0 spiro atoms. The van der Waals surface area contributed by atoms with Crippen molar-refractivity contribution in [2.24, 2.45) is 0 Å². The Kier molecular flexibility index (Phi) is 4.40. The molecule has 2 rings (SSSR count). The lowest BCUT2D eigenvalue weighted by atomic mass is 9.88. The van der Waals surface area contributed by atoms with Crippen LogP contribution in [0.3, 0.4) is 0 Å². The molecule has 0 fully saturated rings. The van der Waals surface area contributed by atoms with Crippen molar-refractivity contribution in [3.05, 3.63) is 65.5 Å². The van der Waals surface area contributed by atoms with Gasteiger partial charge in [-0.1, -0.05) is 30.3 Å². The van der Waals surface area contributed by atoms with Crippen molar-refractivity contribution in [1.82, 2.24) is 0 Å². The van der Waals surface area contributed by atoms with E-state index < -0.39 is 5.60 Å². The normalized spacial score (nSPS) is 13.8. The van der Waals surface area contributed by atoms with Gasteiger partial charge in [-0.2, -0.15) is 0 Å². The summed E-state index contributed by atoms with van der Waals surface area (Å²) in [6.07, 6.45) is 0.328. The summed E-state index contributed by atoms with van der Waals surface area (Å²) in [5.41, 5.74) is 0.354. The maximum atomic E-state index is 13.2. The third kappa shape index (κ3) is 3.36. The minimum atomic E-state index is -1.11. The number of hydrogen-bond donors (Lipinski definition) is 1. The Bertz CT molecular complexity index is 579. The van der Waals surface area contributed by atoms with Gasteiger partial charge in [0, 0.05) is 12.0 Å². The first-order chi connectivity index (χ1) is 9.53. The van der Waals surface area contributed by atoms with Crippen LogP contribution >= 0.6 is 0 Å². The molecule has 1 atom stereocenters. The van der Waals surface area contributed by atoms with Crippen LogP contribution in [0.4, 0.5) is 4.39 Å². The zero-order valence-electron chi connectivity index (χ0n) is 11.8. The fraction of sp³-hybridized carbons (Fsp3) is 0.294. The van der Waals surface area contributed by atoms with Gasteiger partial charge in [-0.25, -0.2) is 4.39 Å². The van der Waals surface area contributed by atoms with Gasteiger partial charge in [-0.15, -0.1) is 0 Å². The summed E-state index contributed by atoms with van der Waals surface area (Å²) in [5.74, 6) is 0.368. The van der Waals surface area contributed by atoms with Gasteiger partial charge in [-0.05, 0) is 37.6 Å².